The quantitative estimate of drug-likeness (QED) is 0.364. The molecular formula is C25H23ClF4N2O3. The largest absolute Gasteiger partial charge is 0.480 e. The van der Waals surface area contributed by atoms with Gasteiger partial charge in [0, 0.05) is 11.3 Å². The number of hydrogen-bond acceptors (Lipinski definition) is 4. The summed E-state index contributed by atoms with van der Waals surface area (Å²) in [5.74, 6) is -2.27. The second kappa shape index (κ2) is 9.83. The second-order valence-electron chi connectivity index (χ2n) is 8.48. The van der Waals surface area contributed by atoms with Gasteiger partial charge in [0.15, 0.2) is 6.10 Å². The fraction of sp³-hybridized carbons (Fsp3) is 0.280. The summed E-state index contributed by atoms with van der Waals surface area (Å²) in [5, 5.41) is 13.0. The number of aliphatic hydroxyl groups is 1. The first-order chi connectivity index (χ1) is 16.2. The van der Waals surface area contributed by atoms with Gasteiger partial charge in [0.05, 0.1) is 22.0 Å². The number of aromatic nitrogens is 1. The van der Waals surface area contributed by atoms with E-state index in [1.807, 2.05) is 0 Å². The summed E-state index contributed by atoms with van der Waals surface area (Å²) in [6.07, 6.45) is -7.01. The van der Waals surface area contributed by atoms with Crippen LogP contribution in [0, 0.1) is 12.7 Å². The number of hydrogen-bond donors (Lipinski definition) is 2. The Morgan fingerprint density at radius 3 is 2.40 bits per heavy atom. The van der Waals surface area contributed by atoms with E-state index in [-0.39, 0.29) is 22.0 Å². The van der Waals surface area contributed by atoms with E-state index in [4.69, 9.17) is 16.3 Å². The number of carbonyl (C=O) groups is 1. The number of nitrogens with zero attached hydrogens (tertiary/aromatic N) is 1. The van der Waals surface area contributed by atoms with Gasteiger partial charge in [-0.2, -0.15) is 13.2 Å². The molecule has 10 heteroatoms. The van der Waals surface area contributed by atoms with Crippen LogP contribution in [0.15, 0.2) is 48.5 Å². The van der Waals surface area contributed by atoms with Crippen molar-refractivity contribution in [3.05, 3.63) is 76.2 Å². The minimum Gasteiger partial charge on any atom is -0.480 e. The van der Waals surface area contributed by atoms with Crippen molar-refractivity contribution in [3.63, 3.8) is 0 Å². The lowest BCUT2D eigenvalue weighted by molar-refractivity contribution is -0.189. The van der Waals surface area contributed by atoms with Crippen LogP contribution in [0.4, 0.5) is 23.2 Å². The van der Waals surface area contributed by atoms with Gasteiger partial charge in [-0.1, -0.05) is 29.8 Å². The number of para-hydroxylation sites is 1. The van der Waals surface area contributed by atoms with Crippen LogP contribution < -0.4 is 10.1 Å². The van der Waals surface area contributed by atoms with Crippen LogP contribution in [-0.4, -0.2) is 28.3 Å². The Labute approximate surface area is 204 Å². The number of pyridine rings is 1. The lowest BCUT2D eigenvalue weighted by Crippen LogP contribution is -2.32. The summed E-state index contributed by atoms with van der Waals surface area (Å²) in [5.41, 5.74) is -0.991. The fourth-order valence-electron chi connectivity index (χ4n) is 3.21. The number of carbonyl (C=O) groups excluding carboxylic acids is 1. The van der Waals surface area contributed by atoms with E-state index in [0.717, 1.165) is 19.1 Å². The van der Waals surface area contributed by atoms with E-state index in [2.05, 4.69) is 10.3 Å². The molecule has 35 heavy (non-hydrogen) atoms. The number of alkyl halides is 3. The van der Waals surface area contributed by atoms with E-state index in [0.29, 0.717) is 11.3 Å². The number of aryl methyl sites for hydroxylation is 1. The van der Waals surface area contributed by atoms with E-state index in [1.54, 1.807) is 31.2 Å². The predicted molar refractivity (Wildman–Crippen MR) is 125 cm³/mol. The summed E-state index contributed by atoms with van der Waals surface area (Å²) >= 11 is 6.10. The Morgan fingerprint density at radius 2 is 1.80 bits per heavy atom. The lowest BCUT2D eigenvalue weighted by Gasteiger charge is -2.21. The molecule has 5 nitrogen and oxygen atoms in total. The van der Waals surface area contributed by atoms with E-state index in [9.17, 15) is 23.1 Å². The minimum atomic E-state index is -4.73. The molecule has 0 saturated heterocycles. The molecule has 0 aliphatic carbocycles. The van der Waals surface area contributed by atoms with Crippen LogP contribution in [0.5, 0.6) is 5.75 Å². The van der Waals surface area contributed by atoms with Gasteiger partial charge in [0.2, 0.25) is 0 Å². The molecule has 1 amide bonds. The average molecular weight is 511 g/mol. The maximum absolute atomic E-state index is 15.2. The van der Waals surface area contributed by atoms with Crippen LogP contribution in [-0.2, 0) is 5.60 Å². The zero-order chi connectivity index (χ0) is 26.1. The van der Waals surface area contributed by atoms with Crippen LogP contribution in [0.3, 0.4) is 0 Å². The molecule has 0 aliphatic rings. The molecule has 2 N–H and O–H groups in total. The Bertz CT molecular complexity index is 1260. The lowest BCUT2D eigenvalue weighted by atomic mass is 10.0. The summed E-state index contributed by atoms with van der Waals surface area (Å²) in [7, 11) is 0. The number of ether oxygens (including phenoxy) is 1. The van der Waals surface area contributed by atoms with Crippen LogP contribution >= 0.6 is 11.6 Å². The standard InChI is InChI=1S/C25H23ClF4N2O3/c1-13-7-5-6-8-19(13)32-23(33)16-11-18(27)15(12-21(16)35-14(2)25(28,29)30)20-10-9-17(26)22(31-20)24(3,4)34/h5-12,14,34H,1-4H3,(H,32,33)/t14-/m0/s1. The Balaban J connectivity index is 2.13. The van der Waals surface area contributed by atoms with Crippen molar-refractivity contribution in [1.82, 2.24) is 4.98 Å². The molecule has 3 aromatic rings. The maximum atomic E-state index is 15.2. The van der Waals surface area contributed by atoms with Gasteiger partial charge in [-0.25, -0.2) is 9.37 Å². The van der Waals surface area contributed by atoms with Crippen molar-refractivity contribution in [2.75, 3.05) is 5.32 Å². The van der Waals surface area contributed by atoms with Crippen molar-refractivity contribution >= 4 is 23.2 Å². The van der Waals surface area contributed by atoms with Crippen LogP contribution in [0.1, 0.15) is 42.4 Å². The average Bonchev–Trinajstić information content (AvgIpc) is 2.75. The van der Waals surface area contributed by atoms with Gasteiger partial charge in [-0.15, -0.1) is 0 Å². The van der Waals surface area contributed by atoms with Crippen molar-refractivity contribution in [2.45, 2.75) is 45.6 Å². The highest BCUT2D eigenvalue weighted by atomic mass is 35.5. The molecule has 3 rings (SSSR count). The van der Waals surface area contributed by atoms with Crippen LogP contribution in [0.25, 0.3) is 11.3 Å². The number of halogens is 5. The molecule has 186 valence electrons. The van der Waals surface area contributed by atoms with Gasteiger partial charge in [0.25, 0.3) is 5.91 Å². The van der Waals surface area contributed by atoms with Crippen LogP contribution in [0.2, 0.25) is 5.02 Å². The highest BCUT2D eigenvalue weighted by molar-refractivity contribution is 6.31. The molecule has 1 atom stereocenters. The molecule has 0 saturated carbocycles. The normalized spacial score (nSPS) is 12.9. The highest BCUT2D eigenvalue weighted by Gasteiger charge is 2.39. The molecule has 1 heterocycles. The molecule has 0 fully saturated rings. The van der Waals surface area contributed by atoms with Gasteiger partial charge < -0.3 is 15.2 Å². The number of anilines is 1. The number of benzene rings is 2. The maximum Gasteiger partial charge on any atom is 0.425 e. The Hall–Kier alpha value is -3.17. The zero-order valence-electron chi connectivity index (χ0n) is 19.3. The monoisotopic (exact) mass is 510 g/mol. The number of amides is 1. The topological polar surface area (TPSA) is 71.5 Å². The van der Waals surface area contributed by atoms with E-state index >= 15 is 4.39 Å². The molecule has 0 spiro atoms. The molecular weight excluding hydrogens is 488 g/mol. The molecule has 1 aromatic heterocycles. The third kappa shape index (κ3) is 6.10. The fourth-order valence-corrected chi connectivity index (χ4v) is 3.54. The summed E-state index contributed by atoms with van der Waals surface area (Å²) < 4.78 is 60.0. The van der Waals surface area contributed by atoms with E-state index in [1.165, 1.54) is 26.0 Å². The van der Waals surface area contributed by atoms with Gasteiger partial charge in [0.1, 0.15) is 17.2 Å². The molecule has 0 unspecified atom stereocenters. The zero-order valence-corrected chi connectivity index (χ0v) is 20.1. The van der Waals surface area contributed by atoms with Crippen molar-refractivity contribution in [3.8, 4) is 17.0 Å². The molecule has 0 bridgehead atoms. The predicted octanol–water partition coefficient (Wildman–Crippen LogP) is 6.66. The number of nitrogens with one attached hydrogen (secondary N) is 1. The molecule has 2 aromatic carbocycles. The smallest absolute Gasteiger partial charge is 0.425 e. The Morgan fingerprint density at radius 1 is 1.14 bits per heavy atom. The SMILES string of the molecule is Cc1ccccc1NC(=O)c1cc(F)c(-c2ccc(Cl)c(C(C)(C)O)n2)cc1O[C@@H](C)C(F)(F)F. The van der Waals surface area contributed by atoms with Crippen molar-refractivity contribution < 1.29 is 32.2 Å². The van der Waals surface area contributed by atoms with Gasteiger partial charge in [-0.05, 0) is 63.6 Å². The first-order valence-corrected chi connectivity index (χ1v) is 10.9. The van der Waals surface area contributed by atoms with E-state index < -0.39 is 40.9 Å². The third-order valence-electron chi connectivity index (χ3n) is 5.17. The van der Waals surface area contributed by atoms with Crippen molar-refractivity contribution in [2.24, 2.45) is 0 Å². The Kier molecular flexibility index (Phi) is 7.42. The summed E-state index contributed by atoms with van der Waals surface area (Å²) in [6.45, 7) is 5.37. The first-order valence-electron chi connectivity index (χ1n) is 10.5. The molecule has 0 radical (unpaired) electrons. The highest BCUT2D eigenvalue weighted by Crippen LogP contribution is 2.35. The third-order valence-corrected chi connectivity index (χ3v) is 5.48. The van der Waals surface area contributed by atoms with Gasteiger partial charge >= 0.3 is 6.18 Å². The number of rotatable bonds is 6. The molecule has 0 aliphatic heterocycles. The minimum absolute atomic E-state index is 0.0144. The first kappa shape index (κ1) is 26.4. The second-order valence-corrected chi connectivity index (χ2v) is 8.89. The summed E-state index contributed by atoms with van der Waals surface area (Å²) in [4.78, 5) is 17.1. The van der Waals surface area contributed by atoms with Gasteiger partial charge in [-0.3, -0.25) is 4.79 Å². The summed E-state index contributed by atoms with van der Waals surface area (Å²) in [6, 6.07) is 11.3. The van der Waals surface area contributed by atoms with Crippen molar-refractivity contribution in [1.29, 1.82) is 0 Å².